The number of nitrogens with one attached hydrogen (secondary N) is 1. The first-order chi connectivity index (χ1) is 6.97. The van der Waals surface area contributed by atoms with Gasteiger partial charge < -0.3 is 4.90 Å². The minimum atomic E-state index is -3.03. The number of nitrogens with zero attached hydrogens (tertiary/aromatic N) is 1. The van der Waals surface area contributed by atoms with Crippen LogP contribution in [0.5, 0.6) is 0 Å². The molecule has 1 heterocycles. The van der Waals surface area contributed by atoms with E-state index in [9.17, 15) is 8.42 Å². The van der Waals surface area contributed by atoms with Gasteiger partial charge >= 0.3 is 0 Å². The Morgan fingerprint density at radius 1 is 1.27 bits per heavy atom. The van der Waals surface area contributed by atoms with E-state index in [1.807, 2.05) is 0 Å². The third kappa shape index (κ3) is 6.12. The molecule has 1 N–H and O–H groups in total. The van der Waals surface area contributed by atoms with Gasteiger partial charge in [0.15, 0.2) is 0 Å². The van der Waals surface area contributed by atoms with E-state index >= 15 is 0 Å². The smallest absolute Gasteiger partial charge is 0.208 e. The molecule has 0 aromatic carbocycles. The lowest BCUT2D eigenvalue weighted by atomic mass is 10.1. The van der Waals surface area contributed by atoms with Crippen LogP contribution in [0, 0.1) is 5.92 Å². The number of hydrogen-bond acceptors (Lipinski definition) is 3. The predicted octanol–water partition coefficient (Wildman–Crippen LogP) is 0.658. The van der Waals surface area contributed by atoms with Crippen molar-refractivity contribution in [2.24, 2.45) is 5.92 Å². The van der Waals surface area contributed by atoms with Gasteiger partial charge in [0.1, 0.15) is 0 Å². The Bertz CT molecular complexity index is 271. The third-order valence-electron chi connectivity index (χ3n) is 2.71. The molecule has 1 unspecified atom stereocenters. The van der Waals surface area contributed by atoms with Gasteiger partial charge in [-0.3, -0.25) is 0 Å². The molecule has 1 aliphatic heterocycles. The van der Waals surface area contributed by atoms with Gasteiger partial charge in [-0.25, -0.2) is 13.1 Å². The van der Waals surface area contributed by atoms with E-state index in [4.69, 9.17) is 0 Å². The van der Waals surface area contributed by atoms with Crippen molar-refractivity contribution in [2.75, 3.05) is 32.4 Å². The van der Waals surface area contributed by atoms with E-state index in [2.05, 4.69) is 16.5 Å². The highest BCUT2D eigenvalue weighted by atomic mass is 32.2. The summed E-state index contributed by atoms with van der Waals surface area (Å²) in [6.45, 7) is 5.98. The third-order valence-corrected chi connectivity index (χ3v) is 3.40. The second-order valence-corrected chi connectivity index (χ2v) is 6.42. The Balaban J connectivity index is 2.20. The van der Waals surface area contributed by atoms with E-state index in [-0.39, 0.29) is 0 Å². The molecule has 90 valence electrons. The normalized spacial score (nSPS) is 21.5. The van der Waals surface area contributed by atoms with E-state index in [1.54, 1.807) is 0 Å². The van der Waals surface area contributed by atoms with Crippen molar-refractivity contribution in [1.82, 2.24) is 9.62 Å². The Hall–Kier alpha value is -0.130. The summed E-state index contributed by atoms with van der Waals surface area (Å²) in [5.41, 5.74) is 0. The lowest BCUT2D eigenvalue weighted by Crippen LogP contribution is -2.37. The minimum absolute atomic E-state index is 0.387. The lowest BCUT2D eigenvalue weighted by molar-refractivity contribution is 0.201. The molecule has 5 heteroatoms. The zero-order chi connectivity index (χ0) is 11.3. The van der Waals surface area contributed by atoms with E-state index in [1.165, 1.54) is 38.6 Å². The van der Waals surface area contributed by atoms with Gasteiger partial charge in [0.25, 0.3) is 0 Å². The quantitative estimate of drug-likeness (QED) is 0.760. The monoisotopic (exact) mass is 234 g/mol. The molecule has 15 heavy (non-hydrogen) atoms. The molecule has 0 spiro atoms. The Morgan fingerprint density at radius 3 is 2.40 bits per heavy atom. The highest BCUT2D eigenvalue weighted by Gasteiger charge is 2.14. The first kappa shape index (κ1) is 12.9. The SMILES string of the molecule is CC(CNS(C)(=O)=O)CN1CCCCC1. The van der Waals surface area contributed by atoms with E-state index < -0.39 is 10.0 Å². The zero-order valence-electron chi connectivity index (χ0n) is 9.70. The van der Waals surface area contributed by atoms with Crippen LogP contribution < -0.4 is 4.72 Å². The molecule has 0 radical (unpaired) electrons. The maximum absolute atomic E-state index is 10.9. The summed E-state index contributed by atoms with van der Waals surface area (Å²) in [6, 6.07) is 0. The molecule has 0 amide bonds. The molecular formula is C10H22N2O2S. The lowest BCUT2D eigenvalue weighted by Gasteiger charge is -2.29. The van der Waals surface area contributed by atoms with Crippen LogP contribution in [-0.2, 0) is 10.0 Å². The van der Waals surface area contributed by atoms with Crippen LogP contribution in [0.2, 0.25) is 0 Å². The van der Waals surface area contributed by atoms with Crippen molar-refractivity contribution in [3.63, 3.8) is 0 Å². The zero-order valence-corrected chi connectivity index (χ0v) is 10.5. The van der Waals surface area contributed by atoms with Crippen molar-refractivity contribution in [1.29, 1.82) is 0 Å². The van der Waals surface area contributed by atoms with Crippen molar-refractivity contribution in [3.8, 4) is 0 Å². The second-order valence-electron chi connectivity index (χ2n) is 4.59. The van der Waals surface area contributed by atoms with Gasteiger partial charge in [0, 0.05) is 13.1 Å². The average molecular weight is 234 g/mol. The molecule has 1 atom stereocenters. The molecule has 4 nitrogen and oxygen atoms in total. The summed E-state index contributed by atoms with van der Waals surface area (Å²) >= 11 is 0. The van der Waals surface area contributed by atoms with Crippen LogP contribution in [0.4, 0.5) is 0 Å². The first-order valence-corrected chi connectivity index (χ1v) is 7.53. The number of rotatable bonds is 5. The summed E-state index contributed by atoms with van der Waals surface area (Å²) in [6.07, 6.45) is 5.12. The standard InChI is InChI=1S/C10H22N2O2S/c1-10(8-11-15(2,13)14)9-12-6-4-3-5-7-12/h10-11H,3-9H2,1-2H3. The second kappa shape index (κ2) is 5.82. The van der Waals surface area contributed by atoms with Crippen molar-refractivity contribution < 1.29 is 8.42 Å². The van der Waals surface area contributed by atoms with Crippen LogP contribution in [0.15, 0.2) is 0 Å². The van der Waals surface area contributed by atoms with E-state index in [0.29, 0.717) is 12.5 Å². The summed E-state index contributed by atoms with van der Waals surface area (Å²) < 4.78 is 24.4. The maximum Gasteiger partial charge on any atom is 0.208 e. The number of likely N-dealkylation sites (tertiary alicyclic amines) is 1. The Labute approximate surface area is 93.1 Å². The fourth-order valence-corrected chi connectivity index (χ4v) is 2.53. The molecule has 1 aliphatic rings. The largest absolute Gasteiger partial charge is 0.303 e. The summed E-state index contributed by atoms with van der Waals surface area (Å²) in [7, 11) is -3.03. The highest BCUT2D eigenvalue weighted by molar-refractivity contribution is 7.88. The summed E-state index contributed by atoms with van der Waals surface area (Å²) in [4.78, 5) is 2.43. The van der Waals surface area contributed by atoms with Gasteiger partial charge in [0.2, 0.25) is 10.0 Å². The topological polar surface area (TPSA) is 49.4 Å². The number of hydrogen-bond donors (Lipinski definition) is 1. The van der Waals surface area contributed by atoms with Gasteiger partial charge in [-0.1, -0.05) is 13.3 Å². The molecule has 1 fully saturated rings. The Kier molecular flexibility index (Phi) is 5.02. The fraction of sp³-hybridized carbons (Fsp3) is 1.00. The molecule has 0 bridgehead atoms. The number of sulfonamides is 1. The molecule has 1 rings (SSSR count). The van der Waals surface area contributed by atoms with Crippen LogP contribution in [0.25, 0.3) is 0 Å². The molecule has 0 aromatic heterocycles. The number of piperidine rings is 1. The van der Waals surface area contributed by atoms with Crippen molar-refractivity contribution in [2.45, 2.75) is 26.2 Å². The van der Waals surface area contributed by atoms with Crippen molar-refractivity contribution in [3.05, 3.63) is 0 Å². The highest BCUT2D eigenvalue weighted by Crippen LogP contribution is 2.10. The van der Waals surface area contributed by atoms with Gasteiger partial charge in [-0.2, -0.15) is 0 Å². The molecular weight excluding hydrogens is 212 g/mol. The van der Waals surface area contributed by atoms with Crippen molar-refractivity contribution >= 4 is 10.0 Å². The summed E-state index contributed by atoms with van der Waals surface area (Å²) in [5, 5.41) is 0. The molecule has 1 saturated heterocycles. The summed E-state index contributed by atoms with van der Waals surface area (Å²) in [5.74, 6) is 0.387. The molecule has 0 aliphatic carbocycles. The fourth-order valence-electron chi connectivity index (χ4n) is 1.94. The van der Waals surface area contributed by atoms with Gasteiger partial charge in [-0.05, 0) is 31.8 Å². The molecule has 0 aromatic rings. The van der Waals surface area contributed by atoms with E-state index in [0.717, 1.165) is 6.54 Å². The maximum atomic E-state index is 10.9. The van der Waals surface area contributed by atoms with Crippen LogP contribution in [0.1, 0.15) is 26.2 Å². The van der Waals surface area contributed by atoms with Crippen LogP contribution in [-0.4, -0.2) is 45.8 Å². The average Bonchev–Trinajstić information content (AvgIpc) is 2.15. The van der Waals surface area contributed by atoms with Crippen LogP contribution >= 0.6 is 0 Å². The van der Waals surface area contributed by atoms with Gasteiger partial charge in [0.05, 0.1) is 6.26 Å². The first-order valence-electron chi connectivity index (χ1n) is 5.64. The minimum Gasteiger partial charge on any atom is -0.303 e. The van der Waals surface area contributed by atoms with Crippen LogP contribution in [0.3, 0.4) is 0 Å². The predicted molar refractivity (Wildman–Crippen MR) is 62.3 cm³/mol. The van der Waals surface area contributed by atoms with Gasteiger partial charge in [-0.15, -0.1) is 0 Å². The Morgan fingerprint density at radius 2 is 1.87 bits per heavy atom. The molecule has 0 saturated carbocycles.